The summed E-state index contributed by atoms with van der Waals surface area (Å²) in [6.07, 6.45) is 4.09. The lowest BCUT2D eigenvalue weighted by Crippen LogP contribution is -2.36. The standard InChI is InChI=1S/C26H30NO8P/c1-6-33-25(29)17(4)27(36-31)35-21-10-8-7-9-18(21)13-15(2)11-12-19-23(28)22-20(14-34-26(22)30)16(3)24(19)32-5/h7-11,14,16-17,30H,6,12-13H2,1-5H3. The van der Waals surface area contributed by atoms with Crippen LogP contribution < -0.4 is 4.84 Å². The third kappa shape index (κ3) is 5.69. The highest BCUT2D eigenvalue weighted by molar-refractivity contribution is 7.20. The van der Waals surface area contributed by atoms with Gasteiger partial charge in [0.25, 0.3) is 14.6 Å². The zero-order chi connectivity index (χ0) is 26.4. The van der Waals surface area contributed by atoms with Crippen molar-refractivity contribution in [2.24, 2.45) is 0 Å². The van der Waals surface area contributed by atoms with Crippen LogP contribution in [0.2, 0.25) is 0 Å². The van der Waals surface area contributed by atoms with Crippen molar-refractivity contribution in [3.05, 3.63) is 70.2 Å². The highest BCUT2D eigenvalue weighted by Crippen LogP contribution is 2.42. The molecule has 36 heavy (non-hydrogen) atoms. The number of carbonyl (C=O) groups is 2. The van der Waals surface area contributed by atoms with Gasteiger partial charge in [0.1, 0.15) is 11.3 Å². The molecule has 0 saturated carbocycles. The number of hydrogen-bond donors (Lipinski definition) is 1. The van der Waals surface area contributed by atoms with Crippen LogP contribution >= 0.6 is 8.61 Å². The average Bonchev–Trinajstić information content (AvgIpc) is 3.26. The van der Waals surface area contributed by atoms with E-state index in [1.54, 1.807) is 26.0 Å². The zero-order valence-corrected chi connectivity index (χ0v) is 21.8. The highest BCUT2D eigenvalue weighted by Gasteiger charge is 2.36. The summed E-state index contributed by atoms with van der Waals surface area (Å²) in [7, 11) is 1.03. The molecule has 3 rings (SSSR count). The second kappa shape index (κ2) is 12.0. The number of ketones is 1. The van der Waals surface area contributed by atoms with Crippen molar-refractivity contribution < 1.29 is 38.0 Å². The van der Waals surface area contributed by atoms with Gasteiger partial charge >= 0.3 is 5.97 Å². The Kier molecular flexibility index (Phi) is 9.07. The molecule has 1 N–H and O–H groups in total. The minimum atomic E-state index is -0.878. The summed E-state index contributed by atoms with van der Waals surface area (Å²) in [6, 6.07) is 6.34. The molecule has 2 atom stereocenters. The molecular formula is C26H30NO8P. The topological polar surface area (TPSA) is 116 Å². The first-order valence-electron chi connectivity index (χ1n) is 11.6. The van der Waals surface area contributed by atoms with E-state index in [0.717, 1.165) is 16.0 Å². The van der Waals surface area contributed by atoms with E-state index in [4.69, 9.17) is 18.7 Å². The van der Waals surface area contributed by atoms with Crippen molar-refractivity contribution in [1.29, 1.82) is 0 Å². The molecule has 0 saturated heterocycles. The van der Waals surface area contributed by atoms with E-state index in [-0.39, 0.29) is 29.8 Å². The van der Waals surface area contributed by atoms with Crippen LogP contribution in [-0.4, -0.2) is 41.5 Å². The van der Waals surface area contributed by atoms with Crippen molar-refractivity contribution in [1.82, 2.24) is 4.83 Å². The monoisotopic (exact) mass is 515 g/mol. The van der Waals surface area contributed by atoms with Crippen LogP contribution in [-0.2, 0) is 25.3 Å². The quantitative estimate of drug-likeness (QED) is 0.179. The van der Waals surface area contributed by atoms with E-state index in [0.29, 0.717) is 35.5 Å². The lowest BCUT2D eigenvalue weighted by Gasteiger charge is -2.23. The fourth-order valence-corrected chi connectivity index (χ4v) is 4.43. The number of fused-ring (bicyclic) bond motifs is 1. The van der Waals surface area contributed by atoms with E-state index >= 15 is 0 Å². The van der Waals surface area contributed by atoms with Crippen LogP contribution in [0.15, 0.2) is 57.9 Å². The summed E-state index contributed by atoms with van der Waals surface area (Å²) in [5.74, 6) is -0.507. The van der Waals surface area contributed by atoms with Crippen LogP contribution in [0.5, 0.6) is 11.7 Å². The van der Waals surface area contributed by atoms with Gasteiger partial charge in [0.05, 0.1) is 20.0 Å². The number of rotatable bonds is 11. The van der Waals surface area contributed by atoms with E-state index in [1.165, 1.54) is 13.4 Å². The largest absolute Gasteiger partial charge is 0.500 e. The Balaban J connectivity index is 1.79. The lowest BCUT2D eigenvalue weighted by atomic mass is 9.83. The first-order valence-corrected chi connectivity index (χ1v) is 12.3. The van der Waals surface area contributed by atoms with Crippen molar-refractivity contribution in [2.45, 2.75) is 52.5 Å². The van der Waals surface area contributed by atoms with Gasteiger partial charge in [0.15, 0.2) is 17.6 Å². The average molecular weight is 515 g/mol. The van der Waals surface area contributed by atoms with Gasteiger partial charge in [-0.15, -0.1) is 0 Å². The normalized spacial score (nSPS) is 16.8. The number of ether oxygens (including phenoxy) is 2. The number of Topliss-reactive ketones (excluding diaryl/α,β-unsaturated/α-hetero) is 1. The second-order valence-corrected chi connectivity index (χ2v) is 8.97. The van der Waals surface area contributed by atoms with Crippen molar-refractivity contribution in [3.63, 3.8) is 0 Å². The van der Waals surface area contributed by atoms with E-state index in [2.05, 4.69) is 0 Å². The summed E-state index contributed by atoms with van der Waals surface area (Å²) >= 11 is 0. The summed E-state index contributed by atoms with van der Waals surface area (Å²) in [5, 5.41) is 10.0. The first-order chi connectivity index (χ1) is 17.2. The van der Waals surface area contributed by atoms with E-state index in [1.807, 2.05) is 32.1 Å². The van der Waals surface area contributed by atoms with E-state index in [9.17, 15) is 19.3 Å². The number of nitrogens with zero attached hydrogens (tertiary/aromatic N) is 1. The summed E-state index contributed by atoms with van der Waals surface area (Å²) < 4.78 is 27.3. The number of hydroxylamine groups is 1. The molecule has 1 aliphatic carbocycles. The number of carbonyl (C=O) groups excluding carboxylic acids is 2. The maximum Gasteiger partial charge on any atom is 0.327 e. The molecule has 1 aromatic carbocycles. The molecule has 9 nitrogen and oxygen atoms in total. The number of methoxy groups -OCH3 is 1. The third-order valence-electron chi connectivity index (χ3n) is 6.01. The predicted molar refractivity (Wildman–Crippen MR) is 132 cm³/mol. The summed E-state index contributed by atoms with van der Waals surface area (Å²) in [6.45, 7) is 7.26. The molecule has 0 fully saturated rings. The molecule has 0 radical (unpaired) electrons. The Hall–Kier alpha value is -3.42. The molecule has 1 aromatic heterocycles. The predicted octanol–water partition coefficient (Wildman–Crippen LogP) is 5.52. The molecule has 1 aliphatic rings. The number of furan rings is 1. The Morgan fingerprint density at radius 1 is 1.33 bits per heavy atom. The summed E-state index contributed by atoms with van der Waals surface area (Å²) in [4.78, 5) is 31.9. The van der Waals surface area contributed by atoms with Gasteiger partial charge in [-0.05, 0) is 44.5 Å². The van der Waals surface area contributed by atoms with E-state index < -0.39 is 20.6 Å². The zero-order valence-electron chi connectivity index (χ0n) is 20.9. The molecule has 2 aromatic rings. The maximum absolute atomic E-state index is 13.1. The van der Waals surface area contributed by atoms with Gasteiger partial charge in [-0.25, -0.2) is 0 Å². The smallest absolute Gasteiger partial charge is 0.327 e. The van der Waals surface area contributed by atoms with Crippen molar-refractivity contribution in [2.75, 3.05) is 13.7 Å². The van der Waals surface area contributed by atoms with Crippen molar-refractivity contribution in [3.8, 4) is 11.7 Å². The number of aromatic hydroxyl groups is 1. The fraction of sp³-hybridized carbons (Fsp3) is 0.385. The SMILES string of the molecule is CCOC(=O)C(C)N(Oc1ccccc1CC(C)=CCC1=C(OC)C(C)c2coc(O)c2C1=O)P=O. The minimum absolute atomic E-state index is 0.177. The second-order valence-electron chi connectivity index (χ2n) is 8.41. The molecule has 1 heterocycles. The van der Waals surface area contributed by atoms with Gasteiger partial charge in [-0.2, -0.15) is 0 Å². The maximum atomic E-state index is 13.1. The highest BCUT2D eigenvalue weighted by atomic mass is 31.1. The fourth-order valence-electron chi connectivity index (χ4n) is 4.07. The minimum Gasteiger partial charge on any atom is -0.500 e. The number of para-hydroxylation sites is 1. The van der Waals surface area contributed by atoms with Gasteiger partial charge in [0, 0.05) is 22.6 Å². The molecule has 0 amide bonds. The third-order valence-corrected chi connectivity index (χ3v) is 6.60. The van der Waals surface area contributed by atoms with Crippen LogP contribution in [0.1, 0.15) is 61.5 Å². The van der Waals surface area contributed by atoms with Crippen molar-refractivity contribution >= 4 is 20.4 Å². The molecular weight excluding hydrogens is 485 g/mol. The number of esters is 1. The Labute approximate surface area is 211 Å². The van der Waals surface area contributed by atoms with Crippen LogP contribution in [0.4, 0.5) is 0 Å². The van der Waals surface area contributed by atoms with Crippen LogP contribution in [0.25, 0.3) is 0 Å². The lowest BCUT2D eigenvalue weighted by molar-refractivity contribution is -0.153. The van der Waals surface area contributed by atoms with Crippen LogP contribution in [0, 0.1) is 0 Å². The number of benzene rings is 1. The van der Waals surface area contributed by atoms with Gasteiger partial charge in [-0.3, -0.25) is 14.2 Å². The van der Waals surface area contributed by atoms with Crippen LogP contribution in [0.3, 0.4) is 0 Å². The van der Waals surface area contributed by atoms with Gasteiger partial charge < -0.3 is 23.8 Å². The first kappa shape index (κ1) is 27.2. The summed E-state index contributed by atoms with van der Waals surface area (Å²) in [5.41, 5.74) is 2.98. The van der Waals surface area contributed by atoms with Gasteiger partial charge in [-0.1, -0.05) is 36.8 Å². The number of hydrogen-bond acceptors (Lipinski definition) is 8. The Morgan fingerprint density at radius 3 is 2.72 bits per heavy atom. The molecule has 0 bridgehead atoms. The molecule has 10 heteroatoms. The molecule has 2 unspecified atom stereocenters. The number of allylic oxidation sites excluding steroid dienone is 4. The van der Waals surface area contributed by atoms with Gasteiger partial charge in [0.2, 0.25) is 0 Å². The molecule has 192 valence electrons. The Bertz CT molecular complexity index is 1200. The Morgan fingerprint density at radius 2 is 2.06 bits per heavy atom. The molecule has 0 aliphatic heterocycles. The molecule has 0 spiro atoms.